The van der Waals surface area contributed by atoms with E-state index in [2.05, 4.69) is 4.99 Å². The van der Waals surface area contributed by atoms with Gasteiger partial charge in [0.1, 0.15) is 11.4 Å². The Morgan fingerprint density at radius 1 is 0.800 bits per heavy atom. The Morgan fingerprint density at radius 2 is 1.33 bits per heavy atom. The van der Waals surface area contributed by atoms with E-state index in [1.165, 1.54) is 0 Å². The van der Waals surface area contributed by atoms with E-state index in [9.17, 15) is 27.1 Å². The number of aromatic hydroxyl groups is 1. The highest BCUT2D eigenvalue weighted by molar-refractivity contribution is 5.88. The van der Waals surface area contributed by atoms with Crippen LogP contribution in [0.5, 0.6) is 5.75 Å². The van der Waals surface area contributed by atoms with Crippen LogP contribution in [0.1, 0.15) is 36.1 Å². The first-order valence-electron chi connectivity index (χ1n) is 9.01. The van der Waals surface area contributed by atoms with E-state index in [4.69, 9.17) is 0 Å². The molecule has 3 aromatic rings. The molecule has 0 aliphatic heterocycles. The van der Waals surface area contributed by atoms with Crippen LogP contribution in [0.15, 0.2) is 47.5 Å². The lowest BCUT2D eigenvalue weighted by molar-refractivity contribution is 0.381. The van der Waals surface area contributed by atoms with Gasteiger partial charge in [-0.1, -0.05) is 56.3 Å². The van der Waals surface area contributed by atoms with Gasteiger partial charge in [-0.2, -0.15) is 0 Å². The Hall–Kier alpha value is -3.22. The Balaban J connectivity index is 2.13. The largest absolute Gasteiger partial charge is 0.507 e. The van der Waals surface area contributed by atoms with Gasteiger partial charge < -0.3 is 5.11 Å². The lowest BCUT2D eigenvalue weighted by Crippen LogP contribution is -2.19. The number of hydrogen-bond acceptors (Lipinski definition) is 2. The van der Waals surface area contributed by atoms with E-state index < -0.39 is 40.2 Å². The summed E-state index contributed by atoms with van der Waals surface area (Å²) >= 11 is 0. The minimum absolute atomic E-state index is 0.112. The molecule has 2 nitrogen and oxygen atoms in total. The third-order valence-electron chi connectivity index (χ3n) is 5.11. The van der Waals surface area contributed by atoms with Crippen molar-refractivity contribution in [3.63, 3.8) is 0 Å². The number of aryl methyl sites for hydroxylation is 1. The molecule has 3 aromatic carbocycles. The highest BCUT2D eigenvalue weighted by atomic mass is 19.2. The minimum atomic E-state index is -2.26. The number of halogens is 5. The highest BCUT2D eigenvalue weighted by Gasteiger charge is 2.28. The Labute approximate surface area is 170 Å². The first-order chi connectivity index (χ1) is 14.1. The van der Waals surface area contributed by atoms with Gasteiger partial charge >= 0.3 is 0 Å². The fraction of sp³-hybridized carbons (Fsp3) is 0.174. The summed E-state index contributed by atoms with van der Waals surface area (Å²) in [5, 5.41) is 10.8. The van der Waals surface area contributed by atoms with Crippen LogP contribution in [-0.2, 0) is 5.41 Å². The van der Waals surface area contributed by atoms with E-state index in [-0.39, 0.29) is 11.3 Å². The molecule has 0 heterocycles. The van der Waals surface area contributed by atoms with E-state index in [0.717, 1.165) is 11.8 Å². The van der Waals surface area contributed by atoms with E-state index in [1.54, 1.807) is 19.1 Å². The molecule has 30 heavy (non-hydrogen) atoms. The highest BCUT2D eigenvalue weighted by Crippen LogP contribution is 2.39. The maximum Gasteiger partial charge on any atom is 0.200 e. The molecule has 0 aliphatic carbocycles. The second-order valence-corrected chi connectivity index (χ2v) is 7.36. The van der Waals surface area contributed by atoms with E-state index in [0.29, 0.717) is 11.1 Å². The van der Waals surface area contributed by atoms with Crippen LogP contribution in [0.25, 0.3) is 0 Å². The maximum absolute atomic E-state index is 13.9. The average Bonchev–Trinajstić information content (AvgIpc) is 2.73. The molecule has 0 saturated carbocycles. The first kappa shape index (κ1) is 21.5. The molecule has 0 saturated heterocycles. The molecule has 7 heteroatoms. The zero-order valence-corrected chi connectivity index (χ0v) is 16.4. The molecule has 156 valence electrons. The van der Waals surface area contributed by atoms with Crippen LogP contribution in [-0.4, -0.2) is 11.3 Å². The predicted molar refractivity (Wildman–Crippen MR) is 105 cm³/mol. The van der Waals surface area contributed by atoms with Gasteiger partial charge in [0.25, 0.3) is 0 Å². The molecular formula is C23H18F5NO. The van der Waals surface area contributed by atoms with Crippen molar-refractivity contribution in [3.05, 3.63) is 93.8 Å². The van der Waals surface area contributed by atoms with Crippen molar-refractivity contribution in [2.24, 2.45) is 4.99 Å². The van der Waals surface area contributed by atoms with Crippen molar-refractivity contribution in [2.45, 2.75) is 26.2 Å². The number of phenolic OH excluding ortho intramolecular Hbond substituents is 1. The Bertz CT molecular complexity index is 1110. The average molecular weight is 419 g/mol. The second-order valence-electron chi connectivity index (χ2n) is 7.36. The van der Waals surface area contributed by atoms with Crippen LogP contribution in [0, 0.1) is 36.0 Å². The summed E-state index contributed by atoms with van der Waals surface area (Å²) < 4.78 is 67.8. The zero-order valence-electron chi connectivity index (χ0n) is 16.4. The molecule has 0 aliphatic rings. The summed E-state index contributed by atoms with van der Waals surface area (Å²) in [6.07, 6.45) is 0.896. The third-order valence-corrected chi connectivity index (χ3v) is 5.11. The van der Waals surface area contributed by atoms with Crippen molar-refractivity contribution in [3.8, 4) is 5.75 Å². The molecule has 0 fully saturated rings. The lowest BCUT2D eigenvalue weighted by Gasteiger charge is -2.28. The monoisotopic (exact) mass is 419 g/mol. The number of benzene rings is 3. The van der Waals surface area contributed by atoms with E-state index in [1.807, 2.05) is 44.2 Å². The van der Waals surface area contributed by atoms with Gasteiger partial charge in [-0.05, 0) is 18.1 Å². The summed E-state index contributed by atoms with van der Waals surface area (Å²) in [5.74, 6) is -10.7. The number of phenols is 1. The van der Waals surface area contributed by atoms with E-state index >= 15 is 0 Å². The predicted octanol–water partition coefficient (Wildman–Crippen LogP) is 6.47. The molecular weight excluding hydrogens is 401 g/mol. The van der Waals surface area contributed by atoms with Crippen molar-refractivity contribution in [2.75, 3.05) is 0 Å². The molecule has 0 radical (unpaired) electrons. The standard InChI is InChI=1S/C23H18F5NO/c1-12-9-10-15(23(2,3)13-7-5-4-6-8-13)22(30)14(12)11-29-21-19(27)17(25)16(24)18(26)20(21)28/h4-11,30H,1-3H3. The van der Waals surface area contributed by atoms with Crippen LogP contribution in [0.4, 0.5) is 27.6 Å². The molecule has 0 spiro atoms. The van der Waals surface area contributed by atoms with Crippen LogP contribution >= 0.6 is 0 Å². The fourth-order valence-electron chi connectivity index (χ4n) is 3.22. The molecule has 1 N–H and O–H groups in total. The van der Waals surface area contributed by atoms with Crippen molar-refractivity contribution < 1.29 is 27.1 Å². The van der Waals surface area contributed by atoms with Crippen LogP contribution in [0.2, 0.25) is 0 Å². The summed E-state index contributed by atoms with van der Waals surface area (Å²) in [7, 11) is 0. The van der Waals surface area contributed by atoms with Crippen molar-refractivity contribution >= 4 is 11.9 Å². The van der Waals surface area contributed by atoms with Crippen molar-refractivity contribution in [1.82, 2.24) is 0 Å². The number of rotatable bonds is 4. The van der Waals surface area contributed by atoms with Gasteiger partial charge in [-0.25, -0.2) is 26.9 Å². The third kappa shape index (κ3) is 3.56. The SMILES string of the molecule is Cc1ccc(C(C)(C)c2ccccc2)c(O)c1C=Nc1c(F)c(F)c(F)c(F)c1F. The number of aliphatic imine (C=N–C) groups is 1. The fourth-order valence-corrected chi connectivity index (χ4v) is 3.22. The molecule has 0 amide bonds. The second kappa shape index (κ2) is 7.89. The Kier molecular flexibility index (Phi) is 5.65. The van der Waals surface area contributed by atoms with Gasteiger partial charge in [0.2, 0.25) is 5.82 Å². The topological polar surface area (TPSA) is 32.6 Å². The van der Waals surface area contributed by atoms with Crippen LogP contribution in [0.3, 0.4) is 0 Å². The summed E-state index contributed by atoms with van der Waals surface area (Å²) in [6, 6.07) is 12.7. The molecule has 3 rings (SSSR count). The van der Waals surface area contributed by atoms with Crippen LogP contribution < -0.4 is 0 Å². The van der Waals surface area contributed by atoms with Gasteiger partial charge in [0.15, 0.2) is 23.3 Å². The van der Waals surface area contributed by atoms with Gasteiger partial charge in [-0.15, -0.1) is 0 Å². The summed E-state index contributed by atoms with van der Waals surface area (Å²) in [4.78, 5) is 3.47. The Morgan fingerprint density at radius 3 is 1.90 bits per heavy atom. The number of nitrogens with zero attached hydrogens (tertiary/aromatic N) is 1. The zero-order chi connectivity index (χ0) is 22.2. The van der Waals surface area contributed by atoms with Gasteiger partial charge in [0.05, 0.1) is 0 Å². The van der Waals surface area contributed by atoms with Crippen molar-refractivity contribution in [1.29, 1.82) is 0 Å². The summed E-state index contributed by atoms with van der Waals surface area (Å²) in [6.45, 7) is 5.40. The minimum Gasteiger partial charge on any atom is -0.507 e. The normalized spacial score (nSPS) is 12.0. The first-order valence-corrected chi connectivity index (χ1v) is 9.01. The lowest BCUT2D eigenvalue weighted by atomic mass is 9.76. The molecule has 0 aromatic heterocycles. The number of hydrogen-bond donors (Lipinski definition) is 1. The summed E-state index contributed by atoms with van der Waals surface area (Å²) in [5.41, 5.74) is 0.0859. The smallest absolute Gasteiger partial charge is 0.200 e. The maximum atomic E-state index is 13.9. The quantitative estimate of drug-likeness (QED) is 0.223. The molecule has 0 unspecified atom stereocenters. The molecule has 0 bridgehead atoms. The molecule has 0 atom stereocenters. The van der Waals surface area contributed by atoms with Gasteiger partial charge in [-0.3, -0.25) is 0 Å². The van der Waals surface area contributed by atoms with Gasteiger partial charge in [0, 0.05) is 22.8 Å².